The summed E-state index contributed by atoms with van der Waals surface area (Å²) in [5.74, 6) is 0.349. The minimum absolute atomic E-state index is 0.0161. The first-order chi connectivity index (χ1) is 9.19. The van der Waals surface area contributed by atoms with Crippen molar-refractivity contribution >= 4 is 17.5 Å². The molecule has 0 N–H and O–H groups in total. The molecule has 3 nitrogen and oxygen atoms in total. The van der Waals surface area contributed by atoms with Crippen molar-refractivity contribution in [2.45, 2.75) is 44.9 Å². The van der Waals surface area contributed by atoms with E-state index in [1.807, 2.05) is 4.90 Å². The molecule has 1 aromatic rings. The van der Waals surface area contributed by atoms with E-state index in [9.17, 15) is 4.79 Å². The number of nitrogens with zero attached hydrogens (tertiary/aromatic N) is 1. The van der Waals surface area contributed by atoms with Gasteiger partial charge in [-0.3, -0.25) is 4.79 Å². The third kappa shape index (κ3) is 2.66. The predicted molar refractivity (Wildman–Crippen MR) is 74.4 cm³/mol. The highest BCUT2D eigenvalue weighted by molar-refractivity contribution is 6.29. The summed E-state index contributed by atoms with van der Waals surface area (Å²) in [6.07, 6.45) is 9.10. The molecule has 3 rings (SSSR count). The van der Waals surface area contributed by atoms with Crippen LogP contribution in [0.3, 0.4) is 0 Å². The molecule has 0 unspecified atom stereocenters. The van der Waals surface area contributed by atoms with Gasteiger partial charge in [-0.2, -0.15) is 0 Å². The lowest BCUT2D eigenvalue weighted by Crippen LogP contribution is -2.43. The van der Waals surface area contributed by atoms with Gasteiger partial charge in [0.2, 0.25) is 0 Å². The molecule has 0 radical (unpaired) electrons. The van der Waals surface area contributed by atoms with Crippen LogP contribution in [0.25, 0.3) is 0 Å². The van der Waals surface area contributed by atoms with Crippen molar-refractivity contribution in [3.63, 3.8) is 0 Å². The summed E-state index contributed by atoms with van der Waals surface area (Å²) >= 11 is 5.72. The number of amides is 1. The summed E-state index contributed by atoms with van der Waals surface area (Å²) in [6, 6.07) is 3.29. The molecule has 1 aliphatic carbocycles. The molecule has 104 valence electrons. The number of carbonyl (C=O) groups excluding carboxylic acids is 1. The second kappa shape index (κ2) is 5.20. The molecule has 2 heterocycles. The van der Waals surface area contributed by atoms with Crippen LogP contribution in [0.2, 0.25) is 5.22 Å². The highest BCUT2D eigenvalue weighted by Crippen LogP contribution is 2.44. The molecule has 19 heavy (non-hydrogen) atoms. The van der Waals surface area contributed by atoms with Crippen molar-refractivity contribution < 1.29 is 9.21 Å². The zero-order valence-electron chi connectivity index (χ0n) is 11.2. The second-order valence-corrected chi connectivity index (χ2v) is 6.33. The molecule has 0 aromatic carbocycles. The van der Waals surface area contributed by atoms with Crippen LogP contribution in [0.4, 0.5) is 0 Å². The maximum Gasteiger partial charge on any atom is 0.289 e. The molecule has 4 heteroatoms. The lowest BCUT2D eigenvalue weighted by Gasteiger charge is -2.44. The first-order valence-electron chi connectivity index (χ1n) is 7.23. The topological polar surface area (TPSA) is 33.5 Å². The fourth-order valence-corrected chi connectivity index (χ4v) is 3.72. The molecular weight excluding hydrogens is 262 g/mol. The summed E-state index contributed by atoms with van der Waals surface area (Å²) in [7, 11) is 0. The van der Waals surface area contributed by atoms with E-state index in [2.05, 4.69) is 0 Å². The van der Waals surface area contributed by atoms with Crippen LogP contribution in [0.5, 0.6) is 0 Å². The molecule has 1 saturated heterocycles. The Hall–Kier alpha value is -0.960. The molecular formula is C15H20ClNO2. The maximum atomic E-state index is 12.3. The van der Waals surface area contributed by atoms with Crippen LogP contribution >= 0.6 is 11.6 Å². The average molecular weight is 282 g/mol. The Balaban J connectivity index is 1.62. The fraction of sp³-hybridized carbons (Fsp3) is 0.667. The van der Waals surface area contributed by atoms with Crippen LogP contribution in [-0.4, -0.2) is 23.9 Å². The fourth-order valence-electron chi connectivity index (χ4n) is 3.57. The van der Waals surface area contributed by atoms with E-state index in [1.165, 1.54) is 32.1 Å². The van der Waals surface area contributed by atoms with Crippen LogP contribution in [0.1, 0.15) is 55.5 Å². The van der Waals surface area contributed by atoms with Gasteiger partial charge in [0.25, 0.3) is 5.91 Å². The van der Waals surface area contributed by atoms with E-state index in [4.69, 9.17) is 16.0 Å². The van der Waals surface area contributed by atoms with E-state index in [-0.39, 0.29) is 11.1 Å². The largest absolute Gasteiger partial charge is 0.440 e. The van der Waals surface area contributed by atoms with Gasteiger partial charge < -0.3 is 9.32 Å². The van der Waals surface area contributed by atoms with Gasteiger partial charge in [-0.15, -0.1) is 0 Å². The molecule has 2 fully saturated rings. The quantitative estimate of drug-likeness (QED) is 0.776. The van der Waals surface area contributed by atoms with Gasteiger partial charge in [0.05, 0.1) is 0 Å². The number of rotatable bonds is 1. The van der Waals surface area contributed by atoms with Gasteiger partial charge in [0.15, 0.2) is 11.0 Å². The molecule has 1 saturated carbocycles. The Morgan fingerprint density at radius 3 is 2.37 bits per heavy atom. The van der Waals surface area contributed by atoms with Crippen molar-refractivity contribution in [3.05, 3.63) is 23.1 Å². The Morgan fingerprint density at radius 1 is 1.11 bits per heavy atom. The Labute approximate surface area is 118 Å². The highest BCUT2D eigenvalue weighted by atomic mass is 35.5. The number of halogens is 1. The Kier molecular flexibility index (Phi) is 3.57. The summed E-state index contributed by atoms with van der Waals surface area (Å²) in [5.41, 5.74) is 0.524. The molecule has 0 bridgehead atoms. The number of carbonyl (C=O) groups is 1. The second-order valence-electron chi connectivity index (χ2n) is 5.96. The van der Waals surface area contributed by atoms with Gasteiger partial charge in [0, 0.05) is 13.1 Å². The minimum atomic E-state index is -0.0161. The number of hydrogen-bond acceptors (Lipinski definition) is 2. The molecule has 1 aromatic heterocycles. The molecule has 1 amide bonds. The Morgan fingerprint density at radius 2 is 1.79 bits per heavy atom. The number of likely N-dealkylation sites (tertiary alicyclic amines) is 1. The van der Waals surface area contributed by atoms with Crippen molar-refractivity contribution in [2.24, 2.45) is 5.41 Å². The van der Waals surface area contributed by atoms with Crippen LogP contribution in [0.15, 0.2) is 16.5 Å². The smallest absolute Gasteiger partial charge is 0.289 e. The molecule has 1 aliphatic heterocycles. The minimum Gasteiger partial charge on any atom is -0.440 e. The number of furan rings is 1. The third-order valence-electron chi connectivity index (χ3n) is 4.81. The molecule has 2 aliphatic rings. The number of piperidine rings is 1. The summed E-state index contributed by atoms with van der Waals surface area (Å²) < 4.78 is 5.21. The molecule has 0 atom stereocenters. The third-order valence-corrected chi connectivity index (χ3v) is 5.01. The van der Waals surface area contributed by atoms with Gasteiger partial charge >= 0.3 is 0 Å². The first-order valence-corrected chi connectivity index (χ1v) is 7.61. The van der Waals surface area contributed by atoms with Gasteiger partial charge in [-0.1, -0.05) is 19.3 Å². The number of hydrogen-bond donors (Lipinski definition) is 0. The SMILES string of the molecule is O=C(c1ccc(Cl)o1)N1CCC2(CCCCC2)CC1. The van der Waals surface area contributed by atoms with Crippen molar-refractivity contribution in [2.75, 3.05) is 13.1 Å². The maximum absolute atomic E-state index is 12.3. The lowest BCUT2D eigenvalue weighted by atomic mass is 9.68. The normalized spacial score (nSPS) is 22.7. The highest BCUT2D eigenvalue weighted by Gasteiger charge is 2.37. The van der Waals surface area contributed by atoms with Crippen LogP contribution in [0, 0.1) is 5.41 Å². The predicted octanol–water partition coefficient (Wildman–Crippen LogP) is 4.12. The van der Waals surface area contributed by atoms with Gasteiger partial charge in [-0.25, -0.2) is 0 Å². The monoisotopic (exact) mass is 281 g/mol. The van der Waals surface area contributed by atoms with E-state index < -0.39 is 0 Å². The Bertz CT molecular complexity index is 452. The van der Waals surface area contributed by atoms with Crippen molar-refractivity contribution in [1.82, 2.24) is 4.90 Å². The standard InChI is InChI=1S/C15H20ClNO2/c16-13-5-4-12(19-13)14(18)17-10-8-15(9-11-17)6-2-1-3-7-15/h4-5H,1-3,6-11H2. The van der Waals surface area contributed by atoms with Gasteiger partial charge in [-0.05, 0) is 54.8 Å². The van der Waals surface area contributed by atoms with E-state index >= 15 is 0 Å². The average Bonchev–Trinajstić information content (AvgIpc) is 2.87. The van der Waals surface area contributed by atoms with E-state index in [1.54, 1.807) is 12.1 Å². The van der Waals surface area contributed by atoms with E-state index in [0.717, 1.165) is 25.9 Å². The summed E-state index contributed by atoms with van der Waals surface area (Å²) in [5, 5.41) is 0.282. The van der Waals surface area contributed by atoms with Crippen molar-refractivity contribution in [3.8, 4) is 0 Å². The van der Waals surface area contributed by atoms with E-state index in [0.29, 0.717) is 11.2 Å². The van der Waals surface area contributed by atoms with Crippen LogP contribution < -0.4 is 0 Å². The van der Waals surface area contributed by atoms with Gasteiger partial charge in [0.1, 0.15) is 0 Å². The van der Waals surface area contributed by atoms with Crippen molar-refractivity contribution in [1.29, 1.82) is 0 Å². The molecule has 1 spiro atoms. The lowest BCUT2D eigenvalue weighted by molar-refractivity contribution is 0.0447. The van der Waals surface area contributed by atoms with Crippen LogP contribution in [-0.2, 0) is 0 Å². The zero-order valence-corrected chi connectivity index (χ0v) is 11.9. The summed E-state index contributed by atoms with van der Waals surface area (Å²) in [4.78, 5) is 14.2. The zero-order chi connectivity index (χ0) is 13.3. The summed E-state index contributed by atoms with van der Waals surface area (Å²) in [6.45, 7) is 1.72. The first kappa shape index (κ1) is 13.0.